The highest BCUT2D eigenvalue weighted by Gasteiger charge is 2.36. The van der Waals surface area contributed by atoms with Crippen LogP contribution in [0.3, 0.4) is 0 Å². The minimum absolute atomic E-state index is 0.261. The van der Waals surface area contributed by atoms with E-state index in [1.54, 1.807) is 19.5 Å². The van der Waals surface area contributed by atoms with Gasteiger partial charge in [0.2, 0.25) is 0 Å². The van der Waals surface area contributed by atoms with E-state index < -0.39 is 0 Å². The molecule has 1 N–H and O–H groups in total. The first-order valence-corrected chi connectivity index (χ1v) is 9.67. The number of nitrogens with one attached hydrogen (secondary N) is 1. The fourth-order valence-corrected chi connectivity index (χ4v) is 4.18. The zero-order valence-corrected chi connectivity index (χ0v) is 16.2. The topological polar surface area (TPSA) is 50.8 Å². The van der Waals surface area contributed by atoms with Crippen LogP contribution in [0.2, 0.25) is 0 Å². The molecular formula is C25H21N3O. The fourth-order valence-electron chi connectivity index (χ4n) is 4.18. The fraction of sp³-hybridized carbons (Fsp3) is 0.120. The summed E-state index contributed by atoms with van der Waals surface area (Å²) in [6.45, 7) is 0. The summed E-state index contributed by atoms with van der Waals surface area (Å²) in [5.74, 6) is 0.860. The molecule has 0 aliphatic heterocycles. The minimum atomic E-state index is -0.261. The molecule has 1 atom stereocenters. The third kappa shape index (κ3) is 2.93. The highest BCUT2D eigenvalue weighted by molar-refractivity contribution is 5.76. The summed E-state index contributed by atoms with van der Waals surface area (Å²) in [5, 5.41) is 7.92. The van der Waals surface area contributed by atoms with Gasteiger partial charge in [-0.2, -0.15) is 5.10 Å². The smallest absolute Gasteiger partial charge is 0.118 e. The predicted molar refractivity (Wildman–Crippen MR) is 115 cm³/mol. The SMILES string of the molecule is COc1ccc(C2(c3ccccc3)C=Cc3c(-c4ccncc4)n[nH]c3C2)cc1. The van der Waals surface area contributed by atoms with E-state index >= 15 is 0 Å². The highest BCUT2D eigenvalue weighted by atomic mass is 16.5. The van der Waals surface area contributed by atoms with Gasteiger partial charge in [0.25, 0.3) is 0 Å². The Hall–Kier alpha value is -3.66. The minimum Gasteiger partial charge on any atom is -0.497 e. The van der Waals surface area contributed by atoms with E-state index in [9.17, 15) is 0 Å². The Morgan fingerprint density at radius 3 is 2.34 bits per heavy atom. The van der Waals surface area contributed by atoms with Gasteiger partial charge in [0.1, 0.15) is 5.75 Å². The van der Waals surface area contributed by atoms with Gasteiger partial charge in [0.15, 0.2) is 0 Å². The maximum absolute atomic E-state index is 5.36. The second-order valence-electron chi connectivity index (χ2n) is 7.28. The highest BCUT2D eigenvalue weighted by Crippen LogP contribution is 2.43. The van der Waals surface area contributed by atoms with Crippen LogP contribution < -0.4 is 4.74 Å². The zero-order chi connectivity index (χ0) is 19.7. The van der Waals surface area contributed by atoms with Crippen molar-refractivity contribution < 1.29 is 4.74 Å². The lowest BCUT2D eigenvalue weighted by Crippen LogP contribution is -2.30. The molecule has 1 aliphatic rings. The van der Waals surface area contributed by atoms with Crippen LogP contribution in [0.25, 0.3) is 17.3 Å². The van der Waals surface area contributed by atoms with E-state index in [1.165, 1.54) is 11.1 Å². The second kappa shape index (κ2) is 7.06. The standard InChI is InChI=1S/C25H21N3O/c1-29-21-9-7-20(8-10-21)25(19-5-3-2-4-6-19)14-11-22-23(17-25)27-28-24(22)18-12-15-26-16-13-18/h2-16H,17H2,1H3,(H,27,28). The molecule has 0 amide bonds. The quantitative estimate of drug-likeness (QED) is 0.541. The number of ether oxygens (including phenoxy) is 1. The van der Waals surface area contributed by atoms with E-state index in [4.69, 9.17) is 4.74 Å². The number of allylic oxidation sites excluding steroid dienone is 1. The monoisotopic (exact) mass is 379 g/mol. The molecule has 142 valence electrons. The zero-order valence-electron chi connectivity index (χ0n) is 16.2. The van der Waals surface area contributed by atoms with Crippen LogP contribution in [0.5, 0.6) is 5.75 Å². The maximum Gasteiger partial charge on any atom is 0.118 e. The average Bonchev–Trinajstić information content (AvgIpc) is 3.23. The van der Waals surface area contributed by atoms with Gasteiger partial charge >= 0.3 is 0 Å². The third-order valence-electron chi connectivity index (χ3n) is 5.72. The Balaban J connectivity index is 1.64. The summed E-state index contributed by atoms with van der Waals surface area (Å²) in [4.78, 5) is 4.12. The first kappa shape index (κ1) is 17.4. The van der Waals surface area contributed by atoms with Gasteiger partial charge in [-0.3, -0.25) is 10.1 Å². The van der Waals surface area contributed by atoms with Crippen molar-refractivity contribution in [3.8, 4) is 17.0 Å². The molecule has 4 heteroatoms. The number of H-pyrrole nitrogens is 1. The van der Waals surface area contributed by atoms with Crippen molar-refractivity contribution in [1.82, 2.24) is 15.2 Å². The summed E-state index contributed by atoms with van der Waals surface area (Å²) >= 11 is 0. The first-order chi connectivity index (χ1) is 14.3. The van der Waals surface area contributed by atoms with E-state index in [1.807, 2.05) is 24.3 Å². The molecule has 0 saturated carbocycles. The van der Waals surface area contributed by atoms with Crippen molar-refractivity contribution in [3.05, 3.63) is 108 Å². The number of aromatic nitrogens is 3. The van der Waals surface area contributed by atoms with Gasteiger partial charge in [-0.25, -0.2) is 0 Å². The number of methoxy groups -OCH3 is 1. The summed E-state index contributed by atoms with van der Waals surface area (Å²) < 4.78 is 5.36. The van der Waals surface area contributed by atoms with E-state index in [0.717, 1.165) is 34.7 Å². The summed E-state index contributed by atoms with van der Waals surface area (Å²) in [6, 6.07) is 23.0. The van der Waals surface area contributed by atoms with Crippen molar-refractivity contribution in [1.29, 1.82) is 0 Å². The van der Waals surface area contributed by atoms with E-state index in [-0.39, 0.29) is 5.41 Å². The van der Waals surface area contributed by atoms with Crippen molar-refractivity contribution in [2.24, 2.45) is 0 Å². The number of pyridine rings is 1. The van der Waals surface area contributed by atoms with Crippen LogP contribution in [0, 0.1) is 0 Å². The van der Waals surface area contributed by atoms with Crippen LogP contribution >= 0.6 is 0 Å². The van der Waals surface area contributed by atoms with Gasteiger partial charge in [0.05, 0.1) is 12.8 Å². The van der Waals surface area contributed by atoms with Crippen LogP contribution in [0.15, 0.2) is 85.2 Å². The molecule has 2 aromatic heterocycles. The number of hydrogen-bond acceptors (Lipinski definition) is 3. The largest absolute Gasteiger partial charge is 0.497 e. The Labute approximate surface area is 169 Å². The van der Waals surface area contributed by atoms with Gasteiger partial charge in [-0.15, -0.1) is 0 Å². The van der Waals surface area contributed by atoms with Crippen LogP contribution in [-0.2, 0) is 11.8 Å². The number of hydrogen-bond donors (Lipinski definition) is 1. The number of rotatable bonds is 4. The van der Waals surface area contributed by atoms with E-state index in [0.29, 0.717) is 0 Å². The lowest BCUT2D eigenvalue weighted by molar-refractivity contribution is 0.414. The predicted octanol–water partition coefficient (Wildman–Crippen LogP) is 5.04. The van der Waals surface area contributed by atoms with Crippen LogP contribution in [0.1, 0.15) is 22.4 Å². The molecule has 4 nitrogen and oxygen atoms in total. The molecule has 1 unspecified atom stereocenters. The van der Waals surface area contributed by atoms with Crippen LogP contribution in [-0.4, -0.2) is 22.3 Å². The Bertz CT molecular complexity index is 1150. The van der Waals surface area contributed by atoms with Crippen molar-refractivity contribution >= 4 is 6.08 Å². The molecule has 4 aromatic rings. The summed E-state index contributed by atoms with van der Waals surface area (Å²) in [7, 11) is 1.69. The van der Waals surface area contributed by atoms with Gasteiger partial charge < -0.3 is 4.74 Å². The second-order valence-corrected chi connectivity index (χ2v) is 7.28. The Morgan fingerprint density at radius 1 is 0.897 bits per heavy atom. The third-order valence-corrected chi connectivity index (χ3v) is 5.72. The van der Waals surface area contributed by atoms with Crippen molar-refractivity contribution in [2.45, 2.75) is 11.8 Å². The molecule has 0 bridgehead atoms. The van der Waals surface area contributed by atoms with Crippen molar-refractivity contribution in [2.75, 3.05) is 7.11 Å². The van der Waals surface area contributed by atoms with Gasteiger partial charge in [0, 0.05) is 41.1 Å². The first-order valence-electron chi connectivity index (χ1n) is 9.67. The number of fused-ring (bicyclic) bond motifs is 1. The number of aromatic amines is 1. The molecule has 5 rings (SSSR count). The average molecular weight is 379 g/mol. The van der Waals surface area contributed by atoms with Crippen molar-refractivity contribution in [3.63, 3.8) is 0 Å². The molecule has 0 saturated heterocycles. The molecule has 1 aliphatic carbocycles. The lowest BCUT2D eigenvalue weighted by atomic mass is 9.68. The molecule has 0 fully saturated rings. The van der Waals surface area contributed by atoms with Gasteiger partial charge in [-0.1, -0.05) is 54.6 Å². The molecule has 2 aromatic carbocycles. The molecular weight excluding hydrogens is 358 g/mol. The maximum atomic E-state index is 5.36. The summed E-state index contributed by atoms with van der Waals surface area (Å²) in [6.07, 6.45) is 8.93. The normalized spacial score (nSPS) is 17.7. The molecule has 29 heavy (non-hydrogen) atoms. The van der Waals surface area contributed by atoms with Crippen LogP contribution in [0.4, 0.5) is 0 Å². The number of nitrogens with zero attached hydrogens (tertiary/aromatic N) is 2. The van der Waals surface area contributed by atoms with Gasteiger partial charge in [-0.05, 0) is 35.4 Å². The Kier molecular flexibility index (Phi) is 4.24. The number of benzene rings is 2. The Morgan fingerprint density at radius 2 is 1.62 bits per heavy atom. The lowest BCUT2D eigenvalue weighted by Gasteiger charge is -2.34. The molecule has 0 radical (unpaired) electrons. The summed E-state index contributed by atoms with van der Waals surface area (Å²) in [5.41, 5.74) is 6.55. The van der Waals surface area contributed by atoms with E-state index in [2.05, 4.69) is 69.8 Å². The molecule has 0 spiro atoms. The molecule has 2 heterocycles.